The molecular weight excluding hydrogens is 152 g/mol. The lowest BCUT2D eigenvalue weighted by molar-refractivity contribution is -0.130. The Morgan fingerprint density at radius 1 is 1.67 bits per heavy atom. The number of hydrogen-bond donors (Lipinski definition) is 1. The fourth-order valence-corrected chi connectivity index (χ4v) is 1.97. The molecule has 1 rings (SSSR count). The molecule has 0 aliphatic heterocycles. The van der Waals surface area contributed by atoms with Crippen LogP contribution < -0.4 is 0 Å². The smallest absolute Gasteiger partial charge is 0.164 e. The van der Waals surface area contributed by atoms with Gasteiger partial charge in [0.05, 0.1) is 6.26 Å². The predicted octanol–water partition coefficient (Wildman–Crippen LogP) is 2.45. The zero-order chi connectivity index (χ0) is 9.19. The van der Waals surface area contributed by atoms with Crippen molar-refractivity contribution in [2.45, 2.75) is 33.1 Å². The summed E-state index contributed by atoms with van der Waals surface area (Å²) in [7, 11) is 0. The molecule has 1 N–H and O–H groups in total. The van der Waals surface area contributed by atoms with Crippen LogP contribution in [0, 0.1) is 11.3 Å². The topological polar surface area (TPSA) is 37.3 Å². The summed E-state index contributed by atoms with van der Waals surface area (Å²) in [5.74, 6) is 0.778. The third-order valence-electron chi connectivity index (χ3n) is 2.88. The number of aliphatic hydroxyl groups excluding tert-OH is 1. The molecule has 68 valence electrons. The summed E-state index contributed by atoms with van der Waals surface area (Å²) in [4.78, 5) is 11.4. The SMILES string of the molecule is CCC1CC(C)(C(=O)/C=C/O)C1. The Hall–Kier alpha value is -0.790. The number of allylic oxidation sites excluding steroid dienone is 1. The molecule has 0 aromatic carbocycles. The minimum atomic E-state index is -0.181. The van der Waals surface area contributed by atoms with E-state index in [1.807, 2.05) is 6.92 Å². The van der Waals surface area contributed by atoms with Gasteiger partial charge in [-0.1, -0.05) is 20.3 Å². The van der Waals surface area contributed by atoms with E-state index in [-0.39, 0.29) is 11.2 Å². The lowest BCUT2D eigenvalue weighted by Crippen LogP contribution is -2.40. The number of carbonyl (C=O) groups excluding carboxylic acids is 1. The van der Waals surface area contributed by atoms with Crippen LogP contribution in [0.1, 0.15) is 33.1 Å². The molecule has 0 aromatic heterocycles. The highest BCUT2D eigenvalue weighted by atomic mass is 16.2. The minimum Gasteiger partial charge on any atom is -0.515 e. The van der Waals surface area contributed by atoms with Gasteiger partial charge in [-0.2, -0.15) is 0 Å². The number of hydrogen-bond acceptors (Lipinski definition) is 2. The molecular formula is C10H16O2. The first-order valence-corrected chi connectivity index (χ1v) is 4.47. The van der Waals surface area contributed by atoms with Gasteiger partial charge in [-0.25, -0.2) is 0 Å². The average Bonchev–Trinajstić information content (AvgIpc) is 1.99. The zero-order valence-electron chi connectivity index (χ0n) is 7.71. The molecule has 1 saturated carbocycles. The van der Waals surface area contributed by atoms with Crippen LogP contribution in [0.4, 0.5) is 0 Å². The third-order valence-corrected chi connectivity index (χ3v) is 2.88. The summed E-state index contributed by atoms with van der Waals surface area (Å²) in [6, 6.07) is 0. The predicted molar refractivity (Wildman–Crippen MR) is 47.9 cm³/mol. The molecule has 1 fully saturated rings. The number of rotatable bonds is 3. The summed E-state index contributed by atoms with van der Waals surface area (Å²) >= 11 is 0. The Bertz CT molecular complexity index is 200. The Morgan fingerprint density at radius 3 is 2.67 bits per heavy atom. The van der Waals surface area contributed by atoms with Crippen molar-refractivity contribution in [1.29, 1.82) is 0 Å². The monoisotopic (exact) mass is 168 g/mol. The molecule has 0 unspecified atom stereocenters. The van der Waals surface area contributed by atoms with Gasteiger partial charge in [-0.3, -0.25) is 4.79 Å². The van der Waals surface area contributed by atoms with Gasteiger partial charge in [-0.05, 0) is 18.8 Å². The maximum absolute atomic E-state index is 11.4. The highest BCUT2D eigenvalue weighted by Gasteiger charge is 2.43. The standard InChI is InChI=1S/C10H16O2/c1-3-8-6-10(2,7-8)9(12)4-5-11/h4-5,8,11H,3,6-7H2,1-2H3/b5-4+. The van der Waals surface area contributed by atoms with Crippen LogP contribution in [0.15, 0.2) is 12.3 Å². The second-order valence-corrected chi connectivity index (χ2v) is 3.92. The fourth-order valence-electron chi connectivity index (χ4n) is 1.97. The number of ketones is 1. The quantitative estimate of drug-likeness (QED) is 0.519. The maximum Gasteiger partial charge on any atom is 0.164 e. The summed E-state index contributed by atoms with van der Waals surface area (Å²) < 4.78 is 0. The summed E-state index contributed by atoms with van der Waals surface area (Å²) in [5.41, 5.74) is -0.181. The third kappa shape index (κ3) is 1.52. The van der Waals surface area contributed by atoms with Crippen LogP contribution in [0.5, 0.6) is 0 Å². The van der Waals surface area contributed by atoms with Crippen molar-refractivity contribution < 1.29 is 9.90 Å². The van der Waals surface area contributed by atoms with Gasteiger partial charge in [-0.15, -0.1) is 0 Å². The molecule has 1 aliphatic carbocycles. The molecule has 0 heterocycles. The van der Waals surface area contributed by atoms with Crippen LogP contribution in [0.3, 0.4) is 0 Å². The van der Waals surface area contributed by atoms with E-state index in [0.717, 1.165) is 25.5 Å². The van der Waals surface area contributed by atoms with Gasteiger partial charge < -0.3 is 5.11 Å². The molecule has 0 amide bonds. The van der Waals surface area contributed by atoms with Crippen LogP contribution in [-0.4, -0.2) is 10.9 Å². The molecule has 0 saturated heterocycles. The van der Waals surface area contributed by atoms with E-state index in [4.69, 9.17) is 5.11 Å². The molecule has 0 bridgehead atoms. The van der Waals surface area contributed by atoms with Crippen molar-refractivity contribution in [2.75, 3.05) is 0 Å². The fraction of sp³-hybridized carbons (Fsp3) is 0.700. The maximum atomic E-state index is 11.4. The van der Waals surface area contributed by atoms with Crippen molar-refractivity contribution in [1.82, 2.24) is 0 Å². The highest BCUT2D eigenvalue weighted by molar-refractivity contribution is 5.95. The average molecular weight is 168 g/mol. The lowest BCUT2D eigenvalue weighted by atomic mass is 9.60. The lowest BCUT2D eigenvalue weighted by Gasteiger charge is -2.43. The Kier molecular flexibility index (Phi) is 2.55. The van der Waals surface area contributed by atoms with E-state index in [1.165, 1.54) is 6.08 Å². The minimum absolute atomic E-state index is 0.0645. The van der Waals surface area contributed by atoms with E-state index < -0.39 is 0 Å². The molecule has 2 nitrogen and oxygen atoms in total. The summed E-state index contributed by atoms with van der Waals surface area (Å²) in [5, 5.41) is 8.44. The first-order valence-electron chi connectivity index (χ1n) is 4.47. The van der Waals surface area contributed by atoms with Crippen molar-refractivity contribution in [3.8, 4) is 0 Å². The largest absolute Gasteiger partial charge is 0.515 e. The number of carbonyl (C=O) groups is 1. The van der Waals surface area contributed by atoms with E-state index in [1.54, 1.807) is 0 Å². The van der Waals surface area contributed by atoms with Gasteiger partial charge >= 0.3 is 0 Å². The van der Waals surface area contributed by atoms with Crippen molar-refractivity contribution in [3.05, 3.63) is 12.3 Å². The first kappa shape index (κ1) is 9.30. The van der Waals surface area contributed by atoms with Crippen molar-refractivity contribution in [2.24, 2.45) is 11.3 Å². The second-order valence-electron chi connectivity index (χ2n) is 3.92. The highest BCUT2D eigenvalue weighted by Crippen LogP contribution is 2.47. The molecule has 0 radical (unpaired) electrons. The Morgan fingerprint density at radius 2 is 2.25 bits per heavy atom. The normalized spacial score (nSPS) is 35.0. The first-order chi connectivity index (χ1) is 5.62. The van der Waals surface area contributed by atoms with E-state index in [9.17, 15) is 4.79 Å². The Balaban J connectivity index is 2.49. The summed E-state index contributed by atoms with van der Waals surface area (Å²) in [6.07, 6.45) is 5.23. The summed E-state index contributed by atoms with van der Waals surface area (Å²) in [6.45, 7) is 4.12. The van der Waals surface area contributed by atoms with Crippen LogP contribution in [0.25, 0.3) is 0 Å². The van der Waals surface area contributed by atoms with Gasteiger partial charge in [0, 0.05) is 11.5 Å². The zero-order valence-corrected chi connectivity index (χ0v) is 7.71. The van der Waals surface area contributed by atoms with Crippen LogP contribution in [-0.2, 0) is 4.79 Å². The van der Waals surface area contributed by atoms with E-state index in [2.05, 4.69) is 6.92 Å². The van der Waals surface area contributed by atoms with Gasteiger partial charge in [0.15, 0.2) is 5.78 Å². The second kappa shape index (κ2) is 3.30. The van der Waals surface area contributed by atoms with Crippen molar-refractivity contribution >= 4 is 5.78 Å². The Labute approximate surface area is 73.3 Å². The van der Waals surface area contributed by atoms with Crippen molar-refractivity contribution in [3.63, 3.8) is 0 Å². The van der Waals surface area contributed by atoms with Crippen LogP contribution in [0.2, 0.25) is 0 Å². The van der Waals surface area contributed by atoms with E-state index in [0.29, 0.717) is 5.92 Å². The molecule has 12 heavy (non-hydrogen) atoms. The number of aliphatic hydroxyl groups is 1. The molecule has 0 spiro atoms. The molecule has 0 atom stereocenters. The van der Waals surface area contributed by atoms with E-state index >= 15 is 0 Å². The van der Waals surface area contributed by atoms with Gasteiger partial charge in [0.2, 0.25) is 0 Å². The molecule has 1 aliphatic rings. The van der Waals surface area contributed by atoms with Gasteiger partial charge in [0.25, 0.3) is 0 Å². The molecule has 2 heteroatoms. The molecule has 0 aromatic rings. The van der Waals surface area contributed by atoms with Crippen LogP contribution >= 0.6 is 0 Å². The van der Waals surface area contributed by atoms with Gasteiger partial charge in [0.1, 0.15) is 0 Å².